The van der Waals surface area contributed by atoms with Crippen molar-refractivity contribution in [3.63, 3.8) is 0 Å². The number of hydrazone groups is 1. The monoisotopic (exact) mass is 300 g/mol. The second kappa shape index (κ2) is 4.99. The second-order valence-corrected chi connectivity index (χ2v) is 5.55. The van der Waals surface area contributed by atoms with Crippen molar-refractivity contribution in [3.05, 3.63) is 36.3 Å². The van der Waals surface area contributed by atoms with Crippen LogP contribution in [0.1, 0.15) is 12.8 Å². The van der Waals surface area contributed by atoms with Gasteiger partial charge in [0.1, 0.15) is 18.8 Å². The molecule has 0 saturated carbocycles. The zero-order valence-electron chi connectivity index (χ0n) is 11.9. The van der Waals surface area contributed by atoms with E-state index in [2.05, 4.69) is 10.6 Å². The molecule has 4 rings (SSSR count). The van der Waals surface area contributed by atoms with Gasteiger partial charge < -0.3 is 9.69 Å². The normalized spacial score (nSPS) is 28.8. The second-order valence-electron chi connectivity index (χ2n) is 5.55. The van der Waals surface area contributed by atoms with E-state index >= 15 is 0 Å². The first-order valence-corrected chi connectivity index (χ1v) is 7.28. The van der Waals surface area contributed by atoms with E-state index in [1.54, 1.807) is 17.5 Å². The first kappa shape index (κ1) is 13.1. The van der Waals surface area contributed by atoms with Crippen LogP contribution in [0.4, 0.5) is 4.79 Å². The van der Waals surface area contributed by atoms with Gasteiger partial charge in [-0.2, -0.15) is 10.1 Å². The molecule has 0 aromatic rings. The molecule has 0 aromatic heterocycles. The number of carbonyl (C=O) groups is 2. The average Bonchev–Trinajstić information content (AvgIpc) is 3.17. The van der Waals surface area contributed by atoms with Crippen LogP contribution in [0, 0.1) is 5.92 Å². The quantitative estimate of drug-likeness (QED) is 0.717. The minimum Gasteiger partial charge on any atom is -0.338 e. The van der Waals surface area contributed by atoms with E-state index in [1.165, 1.54) is 10.0 Å². The van der Waals surface area contributed by atoms with Gasteiger partial charge in [-0.25, -0.2) is 9.80 Å². The molecule has 0 bridgehead atoms. The molecule has 0 aromatic carbocycles. The molecule has 2 unspecified atom stereocenters. The van der Waals surface area contributed by atoms with E-state index in [1.807, 2.05) is 29.3 Å². The Kier molecular flexibility index (Phi) is 2.97. The lowest BCUT2D eigenvalue weighted by atomic mass is 9.96. The molecule has 1 saturated heterocycles. The number of rotatable bonds is 1. The van der Waals surface area contributed by atoms with Gasteiger partial charge in [0.15, 0.2) is 0 Å². The summed E-state index contributed by atoms with van der Waals surface area (Å²) in [6.07, 6.45) is 13.2. The van der Waals surface area contributed by atoms with Crippen LogP contribution in [0.25, 0.3) is 0 Å². The van der Waals surface area contributed by atoms with Crippen molar-refractivity contribution >= 4 is 18.7 Å². The third-order valence-corrected chi connectivity index (χ3v) is 4.20. The van der Waals surface area contributed by atoms with Crippen LogP contribution in [0.2, 0.25) is 0 Å². The Hall–Kier alpha value is -2.61. The number of fused-ring (bicyclic) bond motifs is 2. The molecule has 8 nitrogen and oxygen atoms in total. The smallest absolute Gasteiger partial charge is 0.338 e. The fraction of sp³-hybridized carbons (Fsp3) is 0.357. The van der Waals surface area contributed by atoms with Gasteiger partial charge >= 0.3 is 6.03 Å². The van der Waals surface area contributed by atoms with E-state index in [-0.39, 0.29) is 18.1 Å². The minimum absolute atomic E-state index is 0.210. The Balaban J connectivity index is 1.55. The Labute approximate surface area is 127 Å². The van der Waals surface area contributed by atoms with Crippen molar-refractivity contribution in [2.75, 3.05) is 6.54 Å². The molecule has 4 aliphatic rings. The van der Waals surface area contributed by atoms with Gasteiger partial charge in [-0.3, -0.25) is 5.01 Å². The highest BCUT2D eigenvalue weighted by molar-refractivity contribution is 5.79. The Morgan fingerprint density at radius 3 is 3.14 bits per heavy atom. The largest absolute Gasteiger partial charge is 0.362 e. The fourth-order valence-electron chi connectivity index (χ4n) is 3.11. The Morgan fingerprint density at radius 1 is 1.41 bits per heavy atom. The van der Waals surface area contributed by atoms with Crippen LogP contribution < -0.4 is 5.53 Å². The number of hydrazine groups is 2. The molecule has 114 valence electrons. The minimum atomic E-state index is -0.317. The van der Waals surface area contributed by atoms with Crippen molar-refractivity contribution in [1.82, 2.24) is 25.5 Å². The lowest BCUT2D eigenvalue weighted by Gasteiger charge is -2.37. The van der Waals surface area contributed by atoms with Gasteiger partial charge in [0.05, 0.1) is 17.8 Å². The molecule has 1 N–H and O–H groups in total. The molecule has 0 aliphatic carbocycles. The van der Waals surface area contributed by atoms with E-state index < -0.39 is 0 Å². The predicted octanol–water partition coefficient (Wildman–Crippen LogP) is 0.564. The van der Waals surface area contributed by atoms with Crippen LogP contribution in [-0.4, -0.2) is 51.3 Å². The van der Waals surface area contributed by atoms with Gasteiger partial charge in [-0.15, -0.1) is 5.53 Å². The number of hydrogen-bond donors (Lipinski definition) is 1. The highest BCUT2D eigenvalue weighted by Crippen LogP contribution is 2.29. The summed E-state index contributed by atoms with van der Waals surface area (Å²) in [6.45, 7) is 0.814. The van der Waals surface area contributed by atoms with Crippen LogP contribution in [0.5, 0.6) is 0 Å². The molecule has 4 heterocycles. The predicted molar refractivity (Wildman–Crippen MR) is 78.2 cm³/mol. The maximum atomic E-state index is 12.7. The van der Waals surface area contributed by atoms with E-state index in [4.69, 9.17) is 0 Å². The zero-order chi connectivity index (χ0) is 15.1. The number of allylic oxidation sites excluding steroid dienone is 3. The number of piperidine rings is 1. The number of carbonyl (C=O) groups excluding carboxylic acids is 2. The van der Waals surface area contributed by atoms with Crippen LogP contribution in [0.3, 0.4) is 0 Å². The average molecular weight is 300 g/mol. The summed E-state index contributed by atoms with van der Waals surface area (Å²) in [4.78, 5) is 26.0. The third-order valence-electron chi connectivity index (χ3n) is 4.20. The highest BCUT2D eigenvalue weighted by atomic mass is 16.2. The lowest BCUT2D eigenvalue weighted by molar-refractivity contribution is -0.115. The highest BCUT2D eigenvalue weighted by Gasteiger charge is 2.43. The maximum absolute atomic E-state index is 12.7. The van der Waals surface area contributed by atoms with E-state index in [9.17, 15) is 9.59 Å². The fourth-order valence-corrected chi connectivity index (χ4v) is 3.11. The maximum Gasteiger partial charge on any atom is 0.362 e. The van der Waals surface area contributed by atoms with Crippen molar-refractivity contribution < 1.29 is 9.59 Å². The van der Waals surface area contributed by atoms with Crippen molar-refractivity contribution in [2.24, 2.45) is 11.0 Å². The van der Waals surface area contributed by atoms with Crippen LogP contribution in [0.15, 0.2) is 41.4 Å². The summed E-state index contributed by atoms with van der Waals surface area (Å²) in [5.74, 6) is -0.210. The topological polar surface area (TPSA) is 71.5 Å². The summed E-state index contributed by atoms with van der Waals surface area (Å²) < 4.78 is 0. The van der Waals surface area contributed by atoms with Gasteiger partial charge in [0, 0.05) is 12.7 Å². The molecule has 2 amide bonds. The van der Waals surface area contributed by atoms with Crippen molar-refractivity contribution in [1.29, 1.82) is 0 Å². The first-order valence-electron chi connectivity index (χ1n) is 7.28. The van der Waals surface area contributed by atoms with Crippen LogP contribution >= 0.6 is 0 Å². The van der Waals surface area contributed by atoms with Crippen molar-refractivity contribution in [3.8, 4) is 0 Å². The Morgan fingerprint density at radius 2 is 2.32 bits per heavy atom. The molecule has 2 atom stereocenters. The lowest BCUT2D eigenvalue weighted by Crippen LogP contribution is -2.55. The summed E-state index contributed by atoms with van der Waals surface area (Å²) in [5, 5.41) is 8.71. The molecule has 0 spiro atoms. The standard InChI is InChI=1S/C14H16N6O2/c21-9-11-4-3-6-17-10-15-20(13(11)17)14(22)19-8-12-5-1-2-7-18(12)16-19/h1-2,5,7-11,13,16H,3-4,6H2. The van der Waals surface area contributed by atoms with Gasteiger partial charge in [-0.1, -0.05) is 6.08 Å². The number of nitrogens with zero attached hydrogens (tertiary/aromatic N) is 5. The SMILES string of the molecule is O=CC1CCCN2C=NN(C(=O)N3C=C4C=CC=CN4N3)C12. The molecule has 0 radical (unpaired) electrons. The number of amides is 2. The molecule has 22 heavy (non-hydrogen) atoms. The molecular weight excluding hydrogens is 284 g/mol. The summed E-state index contributed by atoms with van der Waals surface area (Å²) in [7, 11) is 0. The van der Waals surface area contributed by atoms with Crippen LogP contribution in [-0.2, 0) is 4.79 Å². The molecule has 8 heteroatoms. The number of aldehydes is 1. The molecule has 4 aliphatic heterocycles. The van der Waals surface area contributed by atoms with E-state index in [0.29, 0.717) is 0 Å². The number of urea groups is 1. The first-order chi connectivity index (χ1) is 10.8. The molecule has 1 fully saturated rings. The van der Waals surface area contributed by atoms with Gasteiger partial charge in [0.25, 0.3) is 0 Å². The van der Waals surface area contributed by atoms with Gasteiger partial charge in [-0.05, 0) is 25.0 Å². The zero-order valence-corrected chi connectivity index (χ0v) is 11.9. The van der Waals surface area contributed by atoms with E-state index in [0.717, 1.165) is 31.4 Å². The molecular formula is C14H16N6O2. The summed E-state index contributed by atoms with van der Waals surface area (Å²) in [5.41, 5.74) is 3.83. The van der Waals surface area contributed by atoms with Gasteiger partial charge in [0.2, 0.25) is 0 Å². The number of nitrogens with one attached hydrogen (secondary N) is 1. The third kappa shape index (κ3) is 1.92. The number of hydrogen-bond acceptors (Lipinski definition) is 6. The van der Waals surface area contributed by atoms with Crippen molar-refractivity contribution in [2.45, 2.75) is 19.0 Å². The Bertz CT molecular complexity index is 625. The summed E-state index contributed by atoms with van der Waals surface area (Å²) >= 11 is 0. The summed E-state index contributed by atoms with van der Waals surface area (Å²) in [6, 6.07) is -0.304.